The van der Waals surface area contributed by atoms with Crippen LogP contribution in [0.1, 0.15) is 24.2 Å². The molecule has 1 fully saturated rings. The fraction of sp³-hybridized carbons (Fsp3) is 0.273. The van der Waals surface area contributed by atoms with Crippen molar-refractivity contribution in [3.05, 3.63) is 77.2 Å². The maximum Gasteiger partial charge on any atom is 0.235 e. The predicted molar refractivity (Wildman–Crippen MR) is 118 cm³/mol. The summed E-state index contributed by atoms with van der Waals surface area (Å²) in [5, 5.41) is 3.65. The molecule has 7 heteroatoms. The molecule has 3 aromatic rings. The molecule has 1 N–H and O–H groups in total. The van der Waals surface area contributed by atoms with E-state index < -0.39 is 0 Å². The number of rotatable bonds is 3. The number of carbonyl (C=O) groups is 1. The molecule has 0 bridgehead atoms. The van der Waals surface area contributed by atoms with E-state index >= 15 is 0 Å². The summed E-state index contributed by atoms with van der Waals surface area (Å²) in [5.41, 5.74) is 3.02. The number of amides is 1. The Kier molecular flexibility index (Phi) is 4.86. The molecule has 1 amide bonds. The summed E-state index contributed by atoms with van der Waals surface area (Å²) in [4.78, 5) is 20.8. The number of nitrogens with zero attached hydrogens (tertiary/aromatic N) is 3. The van der Waals surface area contributed by atoms with E-state index in [0.717, 1.165) is 33.4 Å². The van der Waals surface area contributed by atoms with Crippen LogP contribution in [0.15, 0.2) is 60.9 Å². The number of halogens is 1. The molecule has 2 aliphatic rings. The quantitative estimate of drug-likeness (QED) is 0.690. The van der Waals surface area contributed by atoms with Crippen LogP contribution in [-0.4, -0.2) is 44.6 Å². The average molecular weight is 425 g/mol. The van der Waals surface area contributed by atoms with Crippen LogP contribution in [0.4, 0.5) is 0 Å². The fourth-order valence-corrected chi connectivity index (χ4v) is 5.85. The zero-order chi connectivity index (χ0) is 20.0. The van der Waals surface area contributed by atoms with E-state index in [1.54, 1.807) is 11.8 Å². The molecule has 3 atom stereocenters. The van der Waals surface area contributed by atoms with Crippen molar-refractivity contribution in [1.29, 1.82) is 0 Å². The number of nitrogens with one attached hydrogen (secondary N) is 1. The lowest BCUT2D eigenvalue weighted by Gasteiger charge is -2.34. The Morgan fingerprint density at radius 2 is 2.07 bits per heavy atom. The van der Waals surface area contributed by atoms with E-state index in [9.17, 15) is 4.79 Å². The number of benzene rings is 1. The third-order valence-electron chi connectivity index (χ3n) is 5.72. The summed E-state index contributed by atoms with van der Waals surface area (Å²) in [6, 6.07) is 14.0. The Morgan fingerprint density at radius 1 is 1.24 bits per heavy atom. The average Bonchev–Trinajstić information content (AvgIpc) is 3.32. The van der Waals surface area contributed by atoms with Crippen LogP contribution in [0.3, 0.4) is 0 Å². The van der Waals surface area contributed by atoms with E-state index in [4.69, 9.17) is 11.6 Å². The minimum atomic E-state index is -0.188. The molecule has 0 saturated carbocycles. The molecule has 5 nitrogen and oxygen atoms in total. The number of thioether (sulfide) groups is 1. The molecule has 5 rings (SSSR count). The van der Waals surface area contributed by atoms with Crippen LogP contribution in [0.5, 0.6) is 0 Å². The first kappa shape index (κ1) is 18.7. The van der Waals surface area contributed by atoms with Crippen LogP contribution in [0.2, 0.25) is 5.02 Å². The van der Waals surface area contributed by atoms with Crippen molar-refractivity contribution in [2.24, 2.45) is 0 Å². The normalized spacial score (nSPS) is 23.4. The lowest BCUT2D eigenvalue weighted by molar-refractivity contribution is -0.120. The number of carbonyl (C=O) groups excluding carboxylic acids is 1. The van der Waals surface area contributed by atoms with Crippen LogP contribution >= 0.6 is 23.4 Å². The van der Waals surface area contributed by atoms with Crippen molar-refractivity contribution < 1.29 is 4.79 Å². The van der Waals surface area contributed by atoms with Gasteiger partial charge in [-0.2, -0.15) is 0 Å². The summed E-state index contributed by atoms with van der Waals surface area (Å²) >= 11 is 8.11. The SMILES string of the molecule is CC(c1ccccc1Cl)N1CCNC(=O)C2SC(c3cnc4ccccn34)=CC21. The Hall–Kier alpha value is -2.28. The molecular formula is C22H21ClN4OS. The molecule has 3 unspecified atom stereocenters. The van der Waals surface area contributed by atoms with Gasteiger partial charge >= 0.3 is 0 Å². The molecule has 148 valence electrons. The summed E-state index contributed by atoms with van der Waals surface area (Å²) in [6.07, 6.45) is 6.13. The summed E-state index contributed by atoms with van der Waals surface area (Å²) in [7, 11) is 0. The second-order valence-corrected chi connectivity index (χ2v) is 8.95. The molecule has 0 aliphatic carbocycles. The van der Waals surface area contributed by atoms with Crippen molar-refractivity contribution in [2.45, 2.75) is 24.3 Å². The fourth-order valence-electron chi connectivity index (χ4n) is 4.23. The number of imidazole rings is 1. The highest BCUT2D eigenvalue weighted by Gasteiger charge is 2.42. The van der Waals surface area contributed by atoms with Gasteiger partial charge in [-0.3, -0.25) is 14.1 Å². The lowest BCUT2D eigenvalue weighted by Crippen LogP contribution is -2.42. The minimum Gasteiger partial charge on any atom is -0.354 e. The number of fused-ring (bicyclic) bond motifs is 2. The van der Waals surface area contributed by atoms with Crippen LogP contribution in [-0.2, 0) is 4.79 Å². The van der Waals surface area contributed by atoms with Gasteiger partial charge in [0.1, 0.15) is 10.9 Å². The standard InChI is InChI=1S/C22H21ClN4OS/c1-14(15-6-2-3-7-16(15)23)26-11-9-24-22(28)21-17(26)12-19(29-21)18-13-25-20-8-4-5-10-27(18)20/h2-8,10,12-14,17,21H,9,11H2,1H3,(H,24,28). The third kappa shape index (κ3) is 3.25. The second-order valence-electron chi connectivity index (χ2n) is 7.36. The molecule has 1 saturated heterocycles. The van der Waals surface area contributed by atoms with E-state index in [2.05, 4.69) is 38.7 Å². The molecule has 1 aromatic carbocycles. The Bertz CT molecular complexity index is 1110. The molecule has 4 heterocycles. The topological polar surface area (TPSA) is 49.6 Å². The number of aromatic nitrogens is 2. The van der Waals surface area contributed by atoms with Gasteiger partial charge in [-0.25, -0.2) is 4.98 Å². The van der Waals surface area contributed by atoms with Gasteiger partial charge in [-0.05, 0) is 36.8 Å². The van der Waals surface area contributed by atoms with Crippen molar-refractivity contribution >= 4 is 39.8 Å². The molecule has 0 radical (unpaired) electrons. The van der Waals surface area contributed by atoms with Crippen molar-refractivity contribution in [3.63, 3.8) is 0 Å². The largest absolute Gasteiger partial charge is 0.354 e. The van der Waals surface area contributed by atoms with Crippen LogP contribution < -0.4 is 5.32 Å². The highest BCUT2D eigenvalue weighted by molar-refractivity contribution is 8.09. The highest BCUT2D eigenvalue weighted by atomic mass is 35.5. The van der Waals surface area contributed by atoms with Gasteiger partial charge in [-0.1, -0.05) is 35.9 Å². The van der Waals surface area contributed by atoms with Gasteiger partial charge in [0.2, 0.25) is 5.91 Å². The van der Waals surface area contributed by atoms with Crippen molar-refractivity contribution in [3.8, 4) is 0 Å². The number of pyridine rings is 1. The zero-order valence-electron chi connectivity index (χ0n) is 16.0. The van der Waals surface area contributed by atoms with Crippen LogP contribution in [0.25, 0.3) is 10.6 Å². The molecule has 2 aromatic heterocycles. The maximum absolute atomic E-state index is 12.8. The van der Waals surface area contributed by atoms with Crippen LogP contribution in [0, 0.1) is 0 Å². The second kappa shape index (κ2) is 7.52. The first-order valence-electron chi connectivity index (χ1n) is 9.72. The first-order valence-corrected chi connectivity index (χ1v) is 11.0. The lowest BCUT2D eigenvalue weighted by atomic mass is 10.0. The minimum absolute atomic E-state index is 0.00182. The van der Waals surface area contributed by atoms with Gasteiger partial charge in [0.15, 0.2) is 0 Å². The molecule has 29 heavy (non-hydrogen) atoms. The van der Waals surface area contributed by atoms with Gasteiger partial charge in [0, 0.05) is 35.3 Å². The zero-order valence-corrected chi connectivity index (χ0v) is 17.5. The van der Waals surface area contributed by atoms with Gasteiger partial charge < -0.3 is 5.32 Å². The van der Waals surface area contributed by atoms with E-state index in [-0.39, 0.29) is 23.2 Å². The third-order valence-corrected chi connectivity index (χ3v) is 7.41. The summed E-state index contributed by atoms with van der Waals surface area (Å²) < 4.78 is 2.07. The van der Waals surface area contributed by atoms with E-state index in [1.165, 1.54) is 0 Å². The first-order chi connectivity index (χ1) is 14.1. The Labute approximate surface area is 178 Å². The molecular weight excluding hydrogens is 404 g/mol. The molecule has 0 spiro atoms. The van der Waals surface area contributed by atoms with Crippen molar-refractivity contribution in [1.82, 2.24) is 19.6 Å². The Morgan fingerprint density at radius 3 is 2.93 bits per heavy atom. The van der Waals surface area contributed by atoms with Gasteiger partial charge in [0.05, 0.1) is 17.9 Å². The van der Waals surface area contributed by atoms with Gasteiger partial charge in [0.25, 0.3) is 0 Å². The smallest absolute Gasteiger partial charge is 0.235 e. The molecule has 2 aliphatic heterocycles. The summed E-state index contributed by atoms with van der Waals surface area (Å²) in [5.74, 6) is 0.0916. The maximum atomic E-state index is 12.8. The van der Waals surface area contributed by atoms with Crippen molar-refractivity contribution in [2.75, 3.05) is 13.1 Å². The Balaban J connectivity index is 1.54. The monoisotopic (exact) mass is 424 g/mol. The number of hydrogen-bond donors (Lipinski definition) is 1. The van der Waals surface area contributed by atoms with E-state index in [0.29, 0.717) is 6.54 Å². The predicted octanol–water partition coefficient (Wildman–Crippen LogP) is 4.01. The highest BCUT2D eigenvalue weighted by Crippen LogP contribution is 2.44. The van der Waals surface area contributed by atoms with E-state index in [1.807, 2.05) is 48.8 Å². The summed E-state index contributed by atoms with van der Waals surface area (Å²) in [6.45, 7) is 3.58. The van der Waals surface area contributed by atoms with Gasteiger partial charge in [-0.15, -0.1) is 11.8 Å². The number of hydrogen-bond acceptors (Lipinski definition) is 4.